The molecule has 10 heteroatoms. The first-order valence-electron chi connectivity index (χ1n) is 6.08. The zero-order valence-corrected chi connectivity index (χ0v) is 11.2. The Labute approximate surface area is 115 Å². The summed E-state index contributed by atoms with van der Waals surface area (Å²) in [7, 11) is 1.14. The topological polar surface area (TPSA) is 141 Å². The minimum Gasteiger partial charge on any atom is -0.388 e. The number of aliphatic hydroxyl groups excluding tert-OH is 3. The molecular weight excluding hydrogens is 274 g/mol. The molecule has 0 aromatic rings. The average Bonchev–Trinajstić information content (AvgIpc) is 2.72. The van der Waals surface area contributed by atoms with Crippen LogP contribution in [0.2, 0.25) is 0 Å². The predicted octanol–water partition coefficient (Wildman–Crippen LogP) is -1.85. The van der Waals surface area contributed by atoms with Crippen LogP contribution in [-0.2, 0) is 9.47 Å². The van der Waals surface area contributed by atoms with Gasteiger partial charge in [-0.15, -0.1) is 4.91 Å². The van der Waals surface area contributed by atoms with Crippen LogP contribution in [0.4, 0.5) is 4.79 Å². The van der Waals surface area contributed by atoms with Crippen molar-refractivity contribution in [2.75, 3.05) is 20.2 Å². The molecule has 0 aromatic heterocycles. The zero-order valence-electron chi connectivity index (χ0n) is 11.2. The summed E-state index contributed by atoms with van der Waals surface area (Å²) in [5, 5.41) is 34.3. The molecule has 0 unspecified atom stereocenters. The summed E-state index contributed by atoms with van der Waals surface area (Å²) in [6, 6.07) is -0.812. The van der Waals surface area contributed by atoms with Crippen LogP contribution in [0.15, 0.2) is 5.29 Å². The molecular formula is C10H19N3O7. The Bertz CT molecular complexity index is 343. The van der Waals surface area contributed by atoms with E-state index in [2.05, 4.69) is 10.6 Å². The van der Waals surface area contributed by atoms with Gasteiger partial charge in [-0.1, -0.05) is 0 Å². The van der Waals surface area contributed by atoms with Crippen molar-refractivity contribution in [2.24, 2.45) is 5.29 Å². The van der Waals surface area contributed by atoms with E-state index in [0.717, 1.165) is 7.05 Å². The molecule has 4 N–H and O–H groups in total. The molecule has 0 radical (unpaired) electrons. The molecule has 1 rings (SSSR count). The number of hydrogen-bond donors (Lipinski definition) is 4. The largest absolute Gasteiger partial charge is 0.388 e. The summed E-state index contributed by atoms with van der Waals surface area (Å²) in [5.74, 6) is 0. The fourth-order valence-corrected chi connectivity index (χ4v) is 1.75. The summed E-state index contributed by atoms with van der Waals surface area (Å²) in [4.78, 5) is 21.3. The number of ether oxygens (including phenoxy) is 2. The van der Waals surface area contributed by atoms with Gasteiger partial charge in [-0.2, -0.15) is 5.01 Å². The Hall–Kier alpha value is -1.33. The lowest BCUT2D eigenvalue weighted by molar-refractivity contribution is -0.174. The van der Waals surface area contributed by atoms with Gasteiger partial charge in [0.15, 0.2) is 6.29 Å². The van der Waals surface area contributed by atoms with Crippen LogP contribution in [0.25, 0.3) is 0 Å². The Morgan fingerprint density at radius 2 is 2.15 bits per heavy atom. The van der Waals surface area contributed by atoms with E-state index in [4.69, 9.17) is 9.47 Å². The molecule has 1 aliphatic rings. The van der Waals surface area contributed by atoms with Crippen LogP contribution < -0.4 is 5.32 Å². The summed E-state index contributed by atoms with van der Waals surface area (Å²) in [6.45, 7) is 1.67. The molecule has 0 spiro atoms. The van der Waals surface area contributed by atoms with Crippen molar-refractivity contribution in [3.05, 3.63) is 4.91 Å². The van der Waals surface area contributed by atoms with E-state index in [1.807, 2.05) is 0 Å². The Morgan fingerprint density at radius 1 is 1.50 bits per heavy atom. The van der Waals surface area contributed by atoms with E-state index in [1.165, 1.54) is 0 Å². The average molecular weight is 293 g/mol. The van der Waals surface area contributed by atoms with E-state index >= 15 is 0 Å². The van der Waals surface area contributed by atoms with Gasteiger partial charge >= 0.3 is 6.03 Å². The van der Waals surface area contributed by atoms with Crippen molar-refractivity contribution >= 4 is 6.03 Å². The summed E-state index contributed by atoms with van der Waals surface area (Å²) in [6.07, 6.45) is -6.07. The first kappa shape index (κ1) is 16.7. The maximum absolute atomic E-state index is 11.2. The highest BCUT2D eigenvalue weighted by Crippen LogP contribution is 2.24. The van der Waals surface area contributed by atoms with Gasteiger partial charge in [0, 0.05) is 20.2 Å². The highest BCUT2D eigenvalue weighted by molar-refractivity contribution is 5.73. The van der Waals surface area contributed by atoms with Crippen LogP contribution >= 0.6 is 0 Å². The lowest BCUT2D eigenvalue weighted by Gasteiger charge is -2.21. The van der Waals surface area contributed by atoms with E-state index in [0.29, 0.717) is 5.01 Å². The second kappa shape index (κ2) is 7.45. The van der Waals surface area contributed by atoms with Gasteiger partial charge in [-0.3, -0.25) is 0 Å². The second-order valence-corrected chi connectivity index (χ2v) is 4.26. The quantitative estimate of drug-likeness (QED) is 0.333. The fourth-order valence-electron chi connectivity index (χ4n) is 1.75. The van der Waals surface area contributed by atoms with Crippen molar-refractivity contribution in [3.8, 4) is 0 Å². The lowest BCUT2D eigenvalue weighted by Crippen LogP contribution is -2.46. The molecule has 10 nitrogen and oxygen atoms in total. The molecule has 1 saturated heterocycles. The van der Waals surface area contributed by atoms with Gasteiger partial charge in [0.05, 0.1) is 5.29 Å². The molecule has 1 fully saturated rings. The van der Waals surface area contributed by atoms with Gasteiger partial charge < -0.3 is 30.1 Å². The smallest absolute Gasteiger partial charge is 0.340 e. The molecule has 1 aliphatic heterocycles. The number of urea groups is 1. The number of nitrogens with zero attached hydrogens (tertiary/aromatic N) is 2. The monoisotopic (exact) mass is 293 g/mol. The van der Waals surface area contributed by atoms with Crippen LogP contribution in [0.1, 0.15) is 6.92 Å². The van der Waals surface area contributed by atoms with Crippen LogP contribution in [0.5, 0.6) is 0 Å². The van der Waals surface area contributed by atoms with Crippen LogP contribution in [0.3, 0.4) is 0 Å². The Morgan fingerprint density at radius 3 is 2.70 bits per heavy atom. The molecule has 1 heterocycles. The van der Waals surface area contributed by atoms with E-state index in [9.17, 15) is 25.0 Å². The maximum Gasteiger partial charge on any atom is 0.340 e. The number of hydrogen-bond acceptors (Lipinski definition) is 8. The van der Waals surface area contributed by atoms with Gasteiger partial charge in [0.1, 0.15) is 24.4 Å². The number of nitrogens with one attached hydrogen (secondary N) is 1. The molecule has 0 aromatic carbocycles. The second-order valence-electron chi connectivity index (χ2n) is 4.26. The van der Waals surface area contributed by atoms with Crippen LogP contribution in [-0.4, -0.2) is 77.3 Å². The van der Waals surface area contributed by atoms with E-state index in [-0.39, 0.29) is 13.2 Å². The highest BCUT2D eigenvalue weighted by Gasteiger charge is 2.46. The van der Waals surface area contributed by atoms with Crippen molar-refractivity contribution in [3.63, 3.8) is 0 Å². The molecule has 20 heavy (non-hydrogen) atoms. The molecule has 5 atom stereocenters. The van der Waals surface area contributed by atoms with Gasteiger partial charge in [0.25, 0.3) is 0 Å². The highest BCUT2D eigenvalue weighted by atomic mass is 16.7. The van der Waals surface area contributed by atoms with Crippen molar-refractivity contribution in [2.45, 2.75) is 37.6 Å². The van der Waals surface area contributed by atoms with Crippen molar-refractivity contribution in [1.82, 2.24) is 10.3 Å². The molecule has 0 saturated carbocycles. The molecule has 116 valence electrons. The minimum atomic E-state index is -1.35. The number of rotatable bonds is 6. The first-order valence-corrected chi connectivity index (χ1v) is 6.08. The fraction of sp³-hybridized carbons (Fsp3) is 0.900. The summed E-state index contributed by atoms with van der Waals surface area (Å²) >= 11 is 0. The van der Waals surface area contributed by atoms with Gasteiger partial charge in [0.2, 0.25) is 0 Å². The van der Waals surface area contributed by atoms with Crippen molar-refractivity contribution in [1.29, 1.82) is 0 Å². The first-order chi connectivity index (χ1) is 9.42. The molecule has 2 amide bonds. The lowest BCUT2D eigenvalue weighted by atomic mass is 10.1. The third-order valence-corrected chi connectivity index (χ3v) is 2.85. The third kappa shape index (κ3) is 3.84. The number of carbonyl (C=O) groups excluding carboxylic acids is 1. The minimum absolute atomic E-state index is 0.268. The van der Waals surface area contributed by atoms with Crippen molar-refractivity contribution < 1.29 is 29.6 Å². The van der Waals surface area contributed by atoms with Crippen LogP contribution in [0, 0.1) is 4.91 Å². The maximum atomic E-state index is 11.2. The SMILES string of the molecule is CCO[C@H]1O[C@H]([C@H](O)CNC(=O)N(C)N=O)[C@H](O)[C@H]1O. The number of carbonyl (C=O) groups is 1. The zero-order chi connectivity index (χ0) is 15.3. The number of aliphatic hydroxyl groups is 3. The van der Waals surface area contributed by atoms with E-state index < -0.39 is 36.7 Å². The number of nitroso groups, excluding NO2 is 1. The standard InChI is InChI=1S/C10H19N3O7/c1-3-19-9-7(16)6(15)8(20-9)5(14)4-11-10(17)13(2)12-18/h5-9,14-16H,3-4H2,1-2H3,(H,11,17)/t5-,6-,7-,8-,9+/m1/s1. The summed E-state index contributed by atoms with van der Waals surface area (Å²) < 4.78 is 10.2. The number of amides is 2. The van der Waals surface area contributed by atoms with E-state index in [1.54, 1.807) is 6.92 Å². The Balaban J connectivity index is 2.49. The Kier molecular flexibility index (Phi) is 6.23. The van der Waals surface area contributed by atoms with Gasteiger partial charge in [-0.05, 0) is 6.92 Å². The third-order valence-electron chi connectivity index (χ3n) is 2.85. The normalized spacial score (nSPS) is 30.9. The predicted molar refractivity (Wildman–Crippen MR) is 65.3 cm³/mol. The van der Waals surface area contributed by atoms with Gasteiger partial charge in [-0.25, -0.2) is 4.79 Å². The summed E-state index contributed by atoms with van der Waals surface area (Å²) in [5.41, 5.74) is 0. The molecule has 0 bridgehead atoms. The molecule has 0 aliphatic carbocycles.